The van der Waals surface area contributed by atoms with Gasteiger partial charge in [-0.2, -0.15) is 5.26 Å². The van der Waals surface area contributed by atoms with Crippen LogP contribution in [0.3, 0.4) is 0 Å². The Morgan fingerprint density at radius 2 is 1.85 bits per heavy atom. The minimum atomic E-state index is -1.35. The molecule has 0 unspecified atom stereocenters. The van der Waals surface area contributed by atoms with Crippen LogP contribution in [0.4, 0.5) is 0 Å². The maximum absolute atomic E-state index is 8.94. The highest BCUT2D eigenvalue weighted by Gasteiger charge is 2.19. The third kappa shape index (κ3) is 2.19. The van der Waals surface area contributed by atoms with Gasteiger partial charge in [-0.1, -0.05) is 37.3 Å². The summed E-state index contributed by atoms with van der Waals surface area (Å²) in [4.78, 5) is 0. The molecule has 1 rings (SSSR count). The van der Waals surface area contributed by atoms with Crippen molar-refractivity contribution < 1.29 is 0 Å². The lowest BCUT2D eigenvalue weighted by atomic mass is 10.2. The maximum atomic E-state index is 8.94. The molecule has 0 saturated heterocycles. The summed E-state index contributed by atoms with van der Waals surface area (Å²) < 4.78 is 0. The van der Waals surface area contributed by atoms with Gasteiger partial charge < -0.3 is 0 Å². The van der Waals surface area contributed by atoms with E-state index in [0.717, 1.165) is 5.56 Å². The standard InChI is InChI=1S/C11H15NSi/c1-9-5-6-10(8-12)11(7-9)13(2,3)4/h5-7H,1-4H3. The molecule has 0 spiro atoms. The Balaban J connectivity index is 3.35. The van der Waals surface area contributed by atoms with Gasteiger partial charge in [0.2, 0.25) is 0 Å². The molecule has 0 fully saturated rings. The average Bonchev–Trinajstić information content (AvgIpc) is 2.03. The third-order valence-electron chi connectivity index (χ3n) is 2.10. The summed E-state index contributed by atoms with van der Waals surface area (Å²) in [7, 11) is -1.35. The van der Waals surface area contributed by atoms with Crippen molar-refractivity contribution >= 4 is 13.3 Å². The van der Waals surface area contributed by atoms with Crippen LogP contribution in [0.5, 0.6) is 0 Å². The Labute approximate surface area is 81.0 Å². The highest BCUT2D eigenvalue weighted by molar-refractivity contribution is 6.89. The predicted octanol–water partition coefficient (Wildman–Crippen LogP) is 2.41. The van der Waals surface area contributed by atoms with E-state index in [2.05, 4.69) is 38.7 Å². The Bertz CT molecular complexity index is 355. The molecule has 0 saturated carbocycles. The molecule has 13 heavy (non-hydrogen) atoms. The van der Waals surface area contributed by atoms with Gasteiger partial charge in [0.25, 0.3) is 0 Å². The first kappa shape index (κ1) is 10.0. The topological polar surface area (TPSA) is 23.8 Å². The molecule has 0 bridgehead atoms. The summed E-state index contributed by atoms with van der Waals surface area (Å²) in [5.74, 6) is 0. The summed E-state index contributed by atoms with van der Waals surface area (Å²) >= 11 is 0. The van der Waals surface area contributed by atoms with Crippen LogP contribution in [0.2, 0.25) is 19.6 Å². The second-order valence-corrected chi connectivity index (χ2v) is 9.45. The number of hydrogen-bond donors (Lipinski definition) is 0. The third-order valence-corrected chi connectivity index (χ3v) is 4.13. The van der Waals surface area contributed by atoms with Gasteiger partial charge in [-0.25, -0.2) is 0 Å². The number of nitriles is 1. The van der Waals surface area contributed by atoms with Crippen LogP contribution in [0, 0.1) is 18.3 Å². The van der Waals surface area contributed by atoms with Crippen LogP contribution >= 0.6 is 0 Å². The van der Waals surface area contributed by atoms with Crippen molar-refractivity contribution in [2.45, 2.75) is 26.6 Å². The number of benzene rings is 1. The molecule has 0 aliphatic heterocycles. The van der Waals surface area contributed by atoms with Gasteiger partial charge >= 0.3 is 0 Å². The van der Waals surface area contributed by atoms with E-state index in [0.29, 0.717) is 0 Å². The average molecular weight is 189 g/mol. The fourth-order valence-corrected chi connectivity index (χ4v) is 2.98. The van der Waals surface area contributed by atoms with Gasteiger partial charge in [0.15, 0.2) is 0 Å². The zero-order valence-corrected chi connectivity index (χ0v) is 9.68. The van der Waals surface area contributed by atoms with E-state index in [4.69, 9.17) is 5.26 Å². The molecule has 0 atom stereocenters. The van der Waals surface area contributed by atoms with Gasteiger partial charge in [-0.3, -0.25) is 0 Å². The minimum Gasteiger partial charge on any atom is -0.192 e. The molecule has 1 nitrogen and oxygen atoms in total. The van der Waals surface area contributed by atoms with Crippen molar-refractivity contribution in [2.24, 2.45) is 0 Å². The van der Waals surface area contributed by atoms with Crippen LogP contribution in [0.15, 0.2) is 18.2 Å². The molecule has 2 heteroatoms. The Hall–Kier alpha value is -1.07. The fraction of sp³-hybridized carbons (Fsp3) is 0.364. The zero-order chi connectivity index (χ0) is 10.1. The van der Waals surface area contributed by atoms with Crippen molar-refractivity contribution in [3.8, 4) is 6.07 Å². The molecule has 0 radical (unpaired) electrons. The van der Waals surface area contributed by atoms with E-state index in [1.807, 2.05) is 12.1 Å². The first-order valence-corrected chi connectivity index (χ1v) is 7.96. The summed E-state index contributed by atoms with van der Waals surface area (Å²) in [6.45, 7) is 8.87. The molecule has 1 aromatic rings. The lowest BCUT2D eigenvalue weighted by Gasteiger charge is -2.18. The summed E-state index contributed by atoms with van der Waals surface area (Å²) in [6, 6.07) is 8.36. The van der Waals surface area contributed by atoms with Crippen LogP contribution < -0.4 is 5.19 Å². The summed E-state index contributed by atoms with van der Waals surface area (Å²) in [6.07, 6.45) is 0. The van der Waals surface area contributed by atoms with Crippen molar-refractivity contribution in [1.29, 1.82) is 5.26 Å². The molecule has 0 amide bonds. The van der Waals surface area contributed by atoms with E-state index in [1.165, 1.54) is 10.8 Å². The molecular formula is C11H15NSi. The highest BCUT2D eigenvalue weighted by atomic mass is 28.3. The molecule has 0 aromatic heterocycles. The van der Waals surface area contributed by atoms with E-state index in [9.17, 15) is 0 Å². The highest BCUT2D eigenvalue weighted by Crippen LogP contribution is 2.08. The zero-order valence-electron chi connectivity index (χ0n) is 8.68. The summed E-state index contributed by atoms with van der Waals surface area (Å²) in [5, 5.41) is 10.2. The Kier molecular flexibility index (Phi) is 2.58. The van der Waals surface area contributed by atoms with Gasteiger partial charge in [0.05, 0.1) is 19.7 Å². The SMILES string of the molecule is Cc1ccc(C#N)c([Si](C)(C)C)c1. The lowest BCUT2D eigenvalue weighted by Crippen LogP contribution is -2.39. The number of rotatable bonds is 1. The van der Waals surface area contributed by atoms with E-state index in [1.54, 1.807) is 0 Å². The molecule has 0 aliphatic rings. The van der Waals surface area contributed by atoms with E-state index < -0.39 is 8.07 Å². The molecular weight excluding hydrogens is 174 g/mol. The van der Waals surface area contributed by atoms with Crippen molar-refractivity contribution in [3.63, 3.8) is 0 Å². The predicted molar refractivity (Wildman–Crippen MR) is 58.9 cm³/mol. The minimum absolute atomic E-state index is 0.852. The monoisotopic (exact) mass is 189 g/mol. The number of nitrogens with zero attached hydrogens (tertiary/aromatic N) is 1. The lowest BCUT2D eigenvalue weighted by molar-refractivity contribution is 1.44. The first-order valence-electron chi connectivity index (χ1n) is 4.46. The van der Waals surface area contributed by atoms with Crippen molar-refractivity contribution in [1.82, 2.24) is 0 Å². The van der Waals surface area contributed by atoms with Crippen LogP contribution in [-0.2, 0) is 0 Å². The van der Waals surface area contributed by atoms with Crippen LogP contribution in [0.25, 0.3) is 0 Å². The second kappa shape index (κ2) is 3.35. The van der Waals surface area contributed by atoms with Crippen molar-refractivity contribution in [3.05, 3.63) is 29.3 Å². The molecule has 0 aliphatic carbocycles. The van der Waals surface area contributed by atoms with Crippen molar-refractivity contribution in [2.75, 3.05) is 0 Å². The number of hydrogen-bond acceptors (Lipinski definition) is 1. The van der Waals surface area contributed by atoms with E-state index in [-0.39, 0.29) is 0 Å². The molecule has 0 N–H and O–H groups in total. The second-order valence-electron chi connectivity index (χ2n) is 4.41. The Morgan fingerprint density at radius 1 is 1.23 bits per heavy atom. The summed E-state index contributed by atoms with van der Waals surface area (Å²) in [5.41, 5.74) is 2.10. The maximum Gasteiger partial charge on any atom is 0.0990 e. The smallest absolute Gasteiger partial charge is 0.0990 e. The molecule has 0 heterocycles. The van der Waals surface area contributed by atoms with Gasteiger partial charge in [-0.05, 0) is 18.2 Å². The van der Waals surface area contributed by atoms with Gasteiger partial charge in [0, 0.05) is 0 Å². The quantitative estimate of drug-likeness (QED) is 0.622. The fourth-order valence-electron chi connectivity index (χ4n) is 1.38. The molecule has 68 valence electrons. The normalized spacial score (nSPS) is 11.0. The largest absolute Gasteiger partial charge is 0.192 e. The Morgan fingerprint density at radius 3 is 2.31 bits per heavy atom. The van der Waals surface area contributed by atoms with Gasteiger partial charge in [-0.15, -0.1) is 0 Å². The number of aryl methyl sites for hydroxylation is 1. The van der Waals surface area contributed by atoms with Gasteiger partial charge in [0.1, 0.15) is 0 Å². The van der Waals surface area contributed by atoms with E-state index >= 15 is 0 Å². The first-order chi connectivity index (χ1) is 5.95. The van der Waals surface area contributed by atoms with Crippen LogP contribution in [-0.4, -0.2) is 8.07 Å². The van der Waals surface area contributed by atoms with Crippen LogP contribution in [0.1, 0.15) is 11.1 Å². The molecule has 1 aromatic carbocycles.